The lowest BCUT2D eigenvalue weighted by molar-refractivity contribution is -0.175. The van der Waals surface area contributed by atoms with Crippen LogP contribution in [0.1, 0.15) is 187 Å². The number of hydrogen-bond acceptors (Lipinski definition) is 2. The fourth-order valence-corrected chi connectivity index (χ4v) is 8.77. The summed E-state index contributed by atoms with van der Waals surface area (Å²) in [5.41, 5.74) is 0.0238. The lowest BCUT2D eigenvalue weighted by Gasteiger charge is -2.55. The average Bonchev–Trinajstić information content (AvgIpc) is 2.95. The van der Waals surface area contributed by atoms with Crippen molar-refractivity contribution < 1.29 is 9.53 Å². The maximum Gasteiger partial charge on any atom is 0.312 e. The molecule has 216 valence electrons. The first-order valence-electron chi connectivity index (χ1n) is 17.3. The van der Waals surface area contributed by atoms with Gasteiger partial charge in [-0.25, -0.2) is 0 Å². The Morgan fingerprint density at radius 2 is 1.11 bits per heavy atom. The molecule has 0 spiro atoms. The molecule has 0 N–H and O–H groups in total. The van der Waals surface area contributed by atoms with Crippen molar-refractivity contribution in [3.05, 3.63) is 0 Å². The third-order valence-corrected chi connectivity index (χ3v) is 11.2. The van der Waals surface area contributed by atoms with E-state index in [9.17, 15) is 4.79 Å². The van der Waals surface area contributed by atoms with Gasteiger partial charge in [0.05, 0.1) is 12.0 Å². The van der Waals surface area contributed by atoms with E-state index < -0.39 is 0 Å². The number of carbonyl (C=O) groups excluding carboxylic acids is 1. The van der Waals surface area contributed by atoms with Crippen molar-refractivity contribution in [2.24, 2.45) is 22.7 Å². The first kappa shape index (κ1) is 31.0. The van der Waals surface area contributed by atoms with Crippen LogP contribution in [0.4, 0.5) is 0 Å². The molecule has 0 atom stereocenters. The minimum absolute atomic E-state index is 0.186. The fraction of sp³-hybridized carbons (Fsp3) is 0.971. The number of esters is 1. The molecule has 3 aliphatic carbocycles. The molecule has 2 nitrogen and oxygen atoms in total. The van der Waals surface area contributed by atoms with Crippen molar-refractivity contribution in [3.63, 3.8) is 0 Å². The van der Waals surface area contributed by atoms with Crippen molar-refractivity contribution >= 4 is 5.97 Å². The normalized spacial score (nSPS) is 26.7. The van der Waals surface area contributed by atoms with Crippen LogP contribution in [0.2, 0.25) is 0 Å². The smallest absolute Gasteiger partial charge is 0.312 e. The lowest BCUT2D eigenvalue weighted by atomic mass is 9.49. The van der Waals surface area contributed by atoms with E-state index in [4.69, 9.17) is 4.74 Å². The molecule has 0 unspecified atom stereocenters. The maximum absolute atomic E-state index is 14.1. The molecule has 0 radical (unpaired) electrons. The van der Waals surface area contributed by atoms with Gasteiger partial charge in [0.1, 0.15) is 0 Å². The summed E-state index contributed by atoms with van der Waals surface area (Å²) in [6.45, 7) is 5.24. The summed E-state index contributed by atoms with van der Waals surface area (Å²) in [4.78, 5) is 14.1. The second-order valence-electron chi connectivity index (χ2n) is 13.6. The van der Waals surface area contributed by atoms with Gasteiger partial charge < -0.3 is 4.74 Å². The second-order valence-corrected chi connectivity index (χ2v) is 13.6. The average molecular weight is 517 g/mol. The van der Waals surface area contributed by atoms with Crippen LogP contribution in [-0.4, -0.2) is 12.6 Å². The number of unbranched alkanes of at least 4 members (excludes halogenated alkanes) is 10. The summed E-state index contributed by atoms with van der Waals surface area (Å²) in [5.74, 6) is 2.13. The molecule has 3 fully saturated rings. The van der Waals surface area contributed by atoms with Crippen molar-refractivity contribution in [1.29, 1.82) is 0 Å². The minimum atomic E-state index is -0.186. The zero-order chi connectivity index (χ0) is 26.2. The number of ether oxygens (including phenoxy) is 1. The van der Waals surface area contributed by atoms with Crippen molar-refractivity contribution in [3.8, 4) is 0 Å². The first-order chi connectivity index (χ1) is 18.2. The molecule has 2 heteroatoms. The van der Waals surface area contributed by atoms with Gasteiger partial charge in [-0.1, -0.05) is 136 Å². The van der Waals surface area contributed by atoms with Gasteiger partial charge in [0.15, 0.2) is 0 Å². The van der Waals surface area contributed by atoms with Crippen LogP contribution in [0.25, 0.3) is 0 Å². The topological polar surface area (TPSA) is 26.3 Å². The highest BCUT2D eigenvalue weighted by atomic mass is 16.5. The standard InChI is InChI=1S/C35H64O2/c1-3-5-7-9-11-17-25-34(28-23-32(24-29-34)31-21-15-13-16-22-31)35(26-18-14-19-27-35)33(36)37-30-20-12-10-8-6-4-2/h31-32H,3-30H2,1-2H3. The Labute approximate surface area is 231 Å². The summed E-state index contributed by atoms with van der Waals surface area (Å²) in [5, 5.41) is 0. The Balaban J connectivity index is 1.65. The monoisotopic (exact) mass is 516 g/mol. The number of carbonyl (C=O) groups is 1. The summed E-state index contributed by atoms with van der Waals surface area (Å²) in [6.07, 6.45) is 35.6. The van der Waals surface area contributed by atoms with Crippen molar-refractivity contribution in [2.75, 3.05) is 6.61 Å². The highest BCUT2D eigenvalue weighted by Crippen LogP contribution is 2.61. The molecule has 0 bridgehead atoms. The summed E-state index contributed by atoms with van der Waals surface area (Å²) >= 11 is 0. The van der Waals surface area contributed by atoms with E-state index in [1.807, 2.05) is 0 Å². The Morgan fingerprint density at radius 1 is 0.595 bits per heavy atom. The van der Waals surface area contributed by atoms with E-state index in [1.165, 1.54) is 154 Å². The quantitative estimate of drug-likeness (QED) is 0.142. The van der Waals surface area contributed by atoms with E-state index in [1.54, 1.807) is 0 Å². The van der Waals surface area contributed by atoms with E-state index in [0.29, 0.717) is 6.61 Å². The van der Waals surface area contributed by atoms with Crippen LogP contribution in [0.3, 0.4) is 0 Å². The van der Waals surface area contributed by atoms with E-state index in [-0.39, 0.29) is 16.8 Å². The molecule has 0 amide bonds. The molecular formula is C35H64O2. The zero-order valence-electron chi connectivity index (χ0n) is 25.3. The van der Waals surface area contributed by atoms with Crippen LogP contribution < -0.4 is 0 Å². The molecular weight excluding hydrogens is 452 g/mol. The molecule has 0 aromatic rings. The highest BCUT2D eigenvalue weighted by Gasteiger charge is 2.57. The first-order valence-corrected chi connectivity index (χ1v) is 17.3. The molecule has 37 heavy (non-hydrogen) atoms. The van der Waals surface area contributed by atoms with Gasteiger partial charge in [0.2, 0.25) is 0 Å². The molecule has 0 aromatic heterocycles. The number of hydrogen-bond donors (Lipinski definition) is 0. The van der Waals surface area contributed by atoms with Crippen LogP contribution in [0, 0.1) is 22.7 Å². The Morgan fingerprint density at radius 3 is 1.73 bits per heavy atom. The fourth-order valence-electron chi connectivity index (χ4n) is 8.77. The predicted molar refractivity (Wildman–Crippen MR) is 159 cm³/mol. The van der Waals surface area contributed by atoms with Crippen molar-refractivity contribution in [1.82, 2.24) is 0 Å². The Bertz CT molecular complexity index is 590. The Kier molecular flexibility index (Phi) is 14.4. The highest BCUT2D eigenvalue weighted by molar-refractivity contribution is 5.78. The van der Waals surface area contributed by atoms with Crippen LogP contribution >= 0.6 is 0 Å². The summed E-state index contributed by atoms with van der Waals surface area (Å²) in [6, 6.07) is 0. The summed E-state index contributed by atoms with van der Waals surface area (Å²) < 4.78 is 6.23. The van der Waals surface area contributed by atoms with Gasteiger partial charge in [0, 0.05) is 0 Å². The SMILES string of the molecule is CCCCCCCCOC(=O)C1(C2(CCCCCCCC)CCC(C3CCCCC3)CC2)CCCCC1. The minimum Gasteiger partial charge on any atom is -0.465 e. The largest absolute Gasteiger partial charge is 0.465 e. The molecule has 3 aliphatic rings. The molecule has 0 aliphatic heterocycles. The van der Waals surface area contributed by atoms with Gasteiger partial charge in [-0.3, -0.25) is 4.79 Å². The molecule has 3 rings (SSSR count). The van der Waals surface area contributed by atoms with Crippen molar-refractivity contribution in [2.45, 2.75) is 187 Å². The van der Waals surface area contributed by atoms with E-state index in [0.717, 1.165) is 31.1 Å². The van der Waals surface area contributed by atoms with Crippen LogP contribution in [-0.2, 0) is 9.53 Å². The third kappa shape index (κ3) is 8.99. The van der Waals surface area contributed by atoms with Gasteiger partial charge >= 0.3 is 5.97 Å². The molecule has 0 saturated heterocycles. The van der Waals surface area contributed by atoms with Crippen LogP contribution in [0.15, 0.2) is 0 Å². The third-order valence-electron chi connectivity index (χ3n) is 11.2. The van der Waals surface area contributed by atoms with Gasteiger partial charge in [-0.05, 0) is 68.6 Å². The zero-order valence-corrected chi connectivity index (χ0v) is 25.3. The van der Waals surface area contributed by atoms with E-state index in [2.05, 4.69) is 13.8 Å². The molecule has 0 heterocycles. The molecule has 3 saturated carbocycles. The van der Waals surface area contributed by atoms with Gasteiger partial charge in [-0.15, -0.1) is 0 Å². The number of rotatable bonds is 17. The molecule has 0 aromatic carbocycles. The lowest BCUT2D eigenvalue weighted by Crippen LogP contribution is -2.52. The second kappa shape index (κ2) is 17.2. The Hall–Kier alpha value is -0.530. The maximum atomic E-state index is 14.1. The van der Waals surface area contributed by atoms with Gasteiger partial charge in [-0.2, -0.15) is 0 Å². The van der Waals surface area contributed by atoms with E-state index >= 15 is 0 Å². The van der Waals surface area contributed by atoms with Gasteiger partial charge in [0.25, 0.3) is 0 Å². The summed E-state index contributed by atoms with van der Waals surface area (Å²) in [7, 11) is 0. The van der Waals surface area contributed by atoms with Crippen LogP contribution in [0.5, 0.6) is 0 Å². The predicted octanol–water partition coefficient (Wildman–Crippen LogP) is 11.3.